The zero-order valence-corrected chi connectivity index (χ0v) is 11.1. The second-order valence-corrected chi connectivity index (χ2v) is 4.61. The zero-order valence-electron chi connectivity index (χ0n) is 11.1. The molecule has 1 unspecified atom stereocenters. The molecule has 1 N–H and O–H groups in total. The Labute approximate surface area is 108 Å². The molecule has 1 heterocycles. The van der Waals surface area contributed by atoms with E-state index in [2.05, 4.69) is 10.2 Å². The highest BCUT2D eigenvalue weighted by molar-refractivity contribution is 5.55. The predicted octanol–water partition coefficient (Wildman–Crippen LogP) is 2.16. The van der Waals surface area contributed by atoms with E-state index in [1.54, 1.807) is 13.2 Å². The molecule has 2 rings (SSSR count). The SMILES string of the molecule is CCNCc1c(F)cccc1N1CCC(OC)C1. The fraction of sp³-hybridized carbons (Fsp3) is 0.571. The second-order valence-electron chi connectivity index (χ2n) is 4.61. The summed E-state index contributed by atoms with van der Waals surface area (Å²) in [5.74, 6) is -0.130. The number of benzene rings is 1. The van der Waals surface area contributed by atoms with Gasteiger partial charge in [0.25, 0.3) is 0 Å². The molecule has 1 atom stereocenters. The van der Waals surface area contributed by atoms with Crippen LogP contribution in [0.4, 0.5) is 10.1 Å². The molecule has 0 radical (unpaired) electrons. The van der Waals surface area contributed by atoms with Gasteiger partial charge in [-0.2, -0.15) is 0 Å². The van der Waals surface area contributed by atoms with Crippen LogP contribution < -0.4 is 10.2 Å². The molecule has 1 aliphatic heterocycles. The van der Waals surface area contributed by atoms with Gasteiger partial charge in [0.05, 0.1) is 6.10 Å². The quantitative estimate of drug-likeness (QED) is 0.869. The monoisotopic (exact) mass is 252 g/mol. The van der Waals surface area contributed by atoms with Crippen molar-refractivity contribution in [3.8, 4) is 0 Å². The van der Waals surface area contributed by atoms with Crippen molar-refractivity contribution in [2.75, 3.05) is 31.6 Å². The average molecular weight is 252 g/mol. The third-order valence-corrected chi connectivity index (χ3v) is 3.46. The fourth-order valence-corrected chi connectivity index (χ4v) is 2.41. The van der Waals surface area contributed by atoms with Crippen LogP contribution in [0.1, 0.15) is 18.9 Å². The first-order chi connectivity index (χ1) is 8.76. The Hall–Kier alpha value is -1.13. The number of ether oxygens (including phenoxy) is 1. The number of methoxy groups -OCH3 is 1. The van der Waals surface area contributed by atoms with Gasteiger partial charge in [0.2, 0.25) is 0 Å². The molecule has 0 bridgehead atoms. The third-order valence-electron chi connectivity index (χ3n) is 3.46. The maximum Gasteiger partial charge on any atom is 0.129 e. The van der Waals surface area contributed by atoms with Gasteiger partial charge in [-0.25, -0.2) is 4.39 Å². The number of hydrogen-bond acceptors (Lipinski definition) is 3. The maximum absolute atomic E-state index is 13.9. The topological polar surface area (TPSA) is 24.5 Å². The Kier molecular flexibility index (Phi) is 4.55. The van der Waals surface area contributed by atoms with Crippen LogP contribution in [0.3, 0.4) is 0 Å². The first kappa shape index (κ1) is 13.3. The van der Waals surface area contributed by atoms with E-state index >= 15 is 0 Å². The van der Waals surface area contributed by atoms with E-state index in [9.17, 15) is 4.39 Å². The molecule has 1 aromatic rings. The Bertz CT molecular complexity index is 397. The normalized spacial score (nSPS) is 19.5. The zero-order chi connectivity index (χ0) is 13.0. The summed E-state index contributed by atoms with van der Waals surface area (Å²) in [5.41, 5.74) is 1.76. The van der Waals surface area contributed by atoms with E-state index in [0.717, 1.165) is 37.3 Å². The van der Waals surface area contributed by atoms with Crippen molar-refractivity contribution in [1.29, 1.82) is 0 Å². The Morgan fingerprint density at radius 2 is 2.33 bits per heavy atom. The maximum atomic E-state index is 13.9. The summed E-state index contributed by atoms with van der Waals surface area (Å²) < 4.78 is 19.3. The average Bonchev–Trinajstić information content (AvgIpc) is 2.85. The molecule has 0 saturated carbocycles. The van der Waals surface area contributed by atoms with E-state index in [4.69, 9.17) is 4.74 Å². The largest absolute Gasteiger partial charge is 0.380 e. The molecule has 1 aromatic carbocycles. The molecule has 1 aliphatic rings. The molecule has 0 spiro atoms. The van der Waals surface area contributed by atoms with Crippen LogP contribution in [0.5, 0.6) is 0 Å². The number of anilines is 1. The highest BCUT2D eigenvalue weighted by atomic mass is 19.1. The Morgan fingerprint density at radius 1 is 1.50 bits per heavy atom. The lowest BCUT2D eigenvalue weighted by molar-refractivity contribution is 0.121. The Morgan fingerprint density at radius 3 is 3.00 bits per heavy atom. The van der Waals surface area contributed by atoms with Gasteiger partial charge >= 0.3 is 0 Å². The van der Waals surface area contributed by atoms with Crippen LogP contribution in [0.15, 0.2) is 18.2 Å². The van der Waals surface area contributed by atoms with Crippen molar-refractivity contribution in [1.82, 2.24) is 5.32 Å². The first-order valence-electron chi connectivity index (χ1n) is 6.52. The van der Waals surface area contributed by atoms with E-state index in [-0.39, 0.29) is 11.9 Å². The fourth-order valence-electron chi connectivity index (χ4n) is 2.41. The minimum atomic E-state index is -0.130. The number of nitrogens with zero attached hydrogens (tertiary/aromatic N) is 1. The lowest BCUT2D eigenvalue weighted by Gasteiger charge is -2.22. The van der Waals surface area contributed by atoms with Gasteiger partial charge in [0, 0.05) is 38.0 Å². The van der Waals surface area contributed by atoms with Crippen LogP contribution in [0.25, 0.3) is 0 Å². The molecule has 100 valence electrons. The van der Waals surface area contributed by atoms with Crippen molar-refractivity contribution in [3.63, 3.8) is 0 Å². The van der Waals surface area contributed by atoms with Gasteiger partial charge in [-0.1, -0.05) is 13.0 Å². The predicted molar refractivity (Wildman–Crippen MR) is 71.4 cm³/mol. The molecule has 1 fully saturated rings. The van der Waals surface area contributed by atoms with Crippen molar-refractivity contribution >= 4 is 5.69 Å². The van der Waals surface area contributed by atoms with Crippen LogP contribution >= 0.6 is 0 Å². The van der Waals surface area contributed by atoms with E-state index in [1.807, 2.05) is 13.0 Å². The molecular weight excluding hydrogens is 231 g/mol. The van der Waals surface area contributed by atoms with Gasteiger partial charge in [0.1, 0.15) is 5.82 Å². The lowest BCUT2D eigenvalue weighted by Crippen LogP contribution is -2.25. The van der Waals surface area contributed by atoms with Gasteiger partial charge < -0.3 is 15.0 Å². The summed E-state index contributed by atoms with van der Waals surface area (Å²) in [6.07, 6.45) is 1.27. The van der Waals surface area contributed by atoms with Gasteiger partial charge in [-0.05, 0) is 25.1 Å². The molecule has 1 saturated heterocycles. The third kappa shape index (κ3) is 2.82. The smallest absolute Gasteiger partial charge is 0.129 e. The second kappa shape index (κ2) is 6.16. The molecule has 4 heteroatoms. The highest BCUT2D eigenvalue weighted by Crippen LogP contribution is 2.27. The van der Waals surface area contributed by atoms with Gasteiger partial charge in [0.15, 0.2) is 0 Å². The summed E-state index contributed by atoms with van der Waals surface area (Å²) in [7, 11) is 1.74. The number of rotatable bonds is 5. The number of nitrogens with one attached hydrogen (secondary N) is 1. The minimum Gasteiger partial charge on any atom is -0.380 e. The van der Waals surface area contributed by atoms with Crippen LogP contribution in [0, 0.1) is 5.82 Å². The summed E-state index contributed by atoms with van der Waals surface area (Å²) in [6.45, 7) is 5.22. The van der Waals surface area contributed by atoms with Crippen LogP contribution in [0.2, 0.25) is 0 Å². The van der Waals surface area contributed by atoms with Crippen molar-refractivity contribution in [3.05, 3.63) is 29.6 Å². The van der Waals surface area contributed by atoms with E-state index in [1.165, 1.54) is 6.07 Å². The Balaban J connectivity index is 2.19. The highest BCUT2D eigenvalue weighted by Gasteiger charge is 2.24. The van der Waals surface area contributed by atoms with Crippen LogP contribution in [-0.4, -0.2) is 32.8 Å². The summed E-state index contributed by atoms with van der Waals surface area (Å²) in [5, 5.41) is 3.20. The molecule has 0 amide bonds. The van der Waals surface area contributed by atoms with E-state index in [0.29, 0.717) is 6.54 Å². The molecule has 18 heavy (non-hydrogen) atoms. The summed E-state index contributed by atoms with van der Waals surface area (Å²) in [4.78, 5) is 2.21. The number of halogens is 1. The summed E-state index contributed by atoms with van der Waals surface area (Å²) >= 11 is 0. The van der Waals surface area contributed by atoms with Crippen molar-refractivity contribution < 1.29 is 9.13 Å². The van der Waals surface area contributed by atoms with E-state index < -0.39 is 0 Å². The number of hydrogen-bond donors (Lipinski definition) is 1. The minimum absolute atomic E-state index is 0.130. The van der Waals surface area contributed by atoms with Crippen molar-refractivity contribution in [2.24, 2.45) is 0 Å². The summed E-state index contributed by atoms with van der Waals surface area (Å²) in [6, 6.07) is 5.30. The van der Waals surface area contributed by atoms with Gasteiger partial charge in [-0.3, -0.25) is 0 Å². The first-order valence-corrected chi connectivity index (χ1v) is 6.52. The molecule has 3 nitrogen and oxygen atoms in total. The standard InChI is InChI=1S/C14H21FN2O/c1-3-16-9-12-13(15)5-4-6-14(12)17-8-7-11(10-17)18-2/h4-6,11,16H,3,7-10H2,1-2H3. The molecule has 0 aromatic heterocycles. The lowest BCUT2D eigenvalue weighted by atomic mass is 10.1. The van der Waals surface area contributed by atoms with Gasteiger partial charge in [-0.15, -0.1) is 0 Å². The van der Waals surface area contributed by atoms with Crippen LogP contribution in [-0.2, 0) is 11.3 Å². The molecular formula is C14H21FN2O. The van der Waals surface area contributed by atoms with Crippen molar-refractivity contribution in [2.45, 2.75) is 26.0 Å². The molecule has 0 aliphatic carbocycles.